The molecule has 0 fully saturated rings. The second kappa shape index (κ2) is 7.76. The lowest BCUT2D eigenvalue weighted by atomic mass is 10.0. The van der Waals surface area contributed by atoms with Crippen LogP contribution in [0.4, 0.5) is 0 Å². The minimum atomic E-state index is -0.434. The van der Waals surface area contributed by atoms with Crippen molar-refractivity contribution in [3.05, 3.63) is 65.2 Å². The number of nitrogens with two attached hydrogens (primary N) is 1. The molecule has 1 unspecified atom stereocenters. The second-order valence-electron chi connectivity index (χ2n) is 5.45. The van der Waals surface area contributed by atoms with E-state index < -0.39 is 5.91 Å². The molecule has 0 aliphatic carbocycles. The summed E-state index contributed by atoms with van der Waals surface area (Å²) in [6.45, 7) is 0.665. The number of hydrogen-bond acceptors (Lipinski definition) is 4. The van der Waals surface area contributed by atoms with Gasteiger partial charge in [0.25, 0.3) is 0 Å². The van der Waals surface area contributed by atoms with Gasteiger partial charge in [0.05, 0.1) is 19.8 Å². The van der Waals surface area contributed by atoms with Crippen molar-refractivity contribution in [3.8, 4) is 5.75 Å². The first-order chi connectivity index (χ1) is 11.0. The summed E-state index contributed by atoms with van der Waals surface area (Å²) in [4.78, 5) is 13.2. The van der Waals surface area contributed by atoms with Crippen molar-refractivity contribution < 1.29 is 14.6 Å². The van der Waals surface area contributed by atoms with E-state index in [2.05, 4.69) is 4.90 Å². The topological polar surface area (TPSA) is 75.8 Å². The van der Waals surface area contributed by atoms with Crippen molar-refractivity contribution in [2.45, 2.75) is 12.6 Å². The number of carbonyl (C=O) groups is 1. The van der Waals surface area contributed by atoms with Gasteiger partial charge in [-0.3, -0.25) is 9.69 Å². The summed E-state index contributed by atoms with van der Waals surface area (Å²) in [7, 11) is 3.58. The van der Waals surface area contributed by atoms with Crippen molar-refractivity contribution in [1.82, 2.24) is 4.90 Å². The molecule has 122 valence electrons. The van der Waals surface area contributed by atoms with Gasteiger partial charge in [-0.25, -0.2) is 0 Å². The van der Waals surface area contributed by atoms with E-state index in [1.54, 1.807) is 19.2 Å². The van der Waals surface area contributed by atoms with Gasteiger partial charge in [-0.05, 0) is 42.4 Å². The first-order valence-corrected chi connectivity index (χ1v) is 7.39. The molecular formula is C18H22N2O3. The normalized spacial score (nSPS) is 12.2. The maximum atomic E-state index is 11.1. The van der Waals surface area contributed by atoms with Gasteiger partial charge in [-0.2, -0.15) is 0 Å². The lowest BCUT2D eigenvalue weighted by Gasteiger charge is -2.27. The standard InChI is InChI=1S/C18H22N2O3/c1-20(11-13-3-5-15(6-4-13)18(19)22)17(12-21)14-7-9-16(23-2)10-8-14/h3-10,17,21H,11-12H2,1-2H3,(H2,19,22). The number of amides is 1. The zero-order chi connectivity index (χ0) is 16.8. The van der Waals surface area contributed by atoms with Gasteiger partial charge in [-0.1, -0.05) is 24.3 Å². The highest BCUT2D eigenvalue weighted by atomic mass is 16.5. The third kappa shape index (κ3) is 4.31. The molecule has 5 heteroatoms. The quantitative estimate of drug-likeness (QED) is 0.819. The summed E-state index contributed by atoms with van der Waals surface area (Å²) in [6, 6.07) is 14.7. The zero-order valence-electron chi connectivity index (χ0n) is 13.4. The van der Waals surface area contributed by atoms with Crippen molar-refractivity contribution >= 4 is 5.91 Å². The number of likely N-dealkylation sites (N-methyl/N-ethyl adjacent to an activating group) is 1. The van der Waals surface area contributed by atoms with E-state index in [1.165, 1.54) is 0 Å². The number of rotatable bonds is 7. The monoisotopic (exact) mass is 314 g/mol. The average Bonchev–Trinajstić information content (AvgIpc) is 2.56. The van der Waals surface area contributed by atoms with Gasteiger partial charge < -0.3 is 15.6 Å². The molecule has 3 N–H and O–H groups in total. The Bertz CT molecular complexity index is 638. The summed E-state index contributed by atoms with van der Waals surface area (Å²) in [5, 5.41) is 9.74. The summed E-state index contributed by atoms with van der Waals surface area (Å²) < 4.78 is 5.16. The molecule has 1 amide bonds. The molecule has 0 spiro atoms. The highest BCUT2D eigenvalue weighted by Crippen LogP contribution is 2.23. The van der Waals surface area contributed by atoms with E-state index >= 15 is 0 Å². The third-order valence-corrected chi connectivity index (χ3v) is 3.88. The van der Waals surface area contributed by atoms with E-state index in [1.807, 2.05) is 43.4 Å². The largest absolute Gasteiger partial charge is 0.497 e. The van der Waals surface area contributed by atoms with Crippen LogP contribution in [-0.4, -0.2) is 36.7 Å². The maximum Gasteiger partial charge on any atom is 0.248 e. The molecule has 0 heterocycles. The minimum Gasteiger partial charge on any atom is -0.497 e. The van der Waals surface area contributed by atoms with E-state index in [-0.39, 0.29) is 12.6 Å². The van der Waals surface area contributed by atoms with Gasteiger partial charge in [-0.15, -0.1) is 0 Å². The number of methoxy groups -OCH3 is 1. The van der Waals surface area contributed by atoms with Crippen LogP contribution in [0.1, 0.15) is 27.5 Å². The number of benzene rings is 2. The molecule has 23 heavy (non-hydrogen) atoms. The van der Waals surface area contributed by atoms with Crippen LogP contribution in [0.2, 0.25) is 0 Å². The summed E-state index contributed by atoms with van der Waals surface area (Å²) in [6.07, 6.45) is 0. The number of aliphatic hydroxyl groups is 1. The van der Waals surface area contributed by atoms with Gasteiger partial charge >= 0.3 is 0 Å². The Morgan fingerprint density at radius 3 is 2.26 bits per heavy atom. The molecule has 5 nitrogen and oxygen atoms in total. The Balaban J connectivity index is 2.09. The lowest BCUT2D eigenvalue weighted by molar-refractivity contribution is 0.100. The lowest BCUT2D eigenvalue weighted by Crippen LogP contribution is -2.27. The fraction of sp³-hybridized carbons (Fsp3) is 0.278. The van der Waals surface area contributed by atoms with Crippen LogP contribution < -0.4 is 10.5 Å². The number of aliphatic hydroxyl groups excluding tert-OH is 1. The molecule has 2 aromatic rings. The molecule has 0 saturated carbocycles. The van der Waals surface area contributed by atoms with Crippen molar-refractivity contribution in [1.29, 1.82) is 0 Å². The molecule has 2 rings (SSSR count). The van der Waals surface area contributed by atoms with Crippen molar-refractivity contribution in [2.75, 3.05) is 20.8 Å². The number of primary amides is 1. The molecule has 0 aliphatic heterocycles. The Labute approximate surface area is 136 Å². The highest BCUT2D eigenvalue weighted by Gasteiger charge is 2.16. The maximum absolute atomic E-state index is 11.1. The van der Waals surface area contributed by atoms with Gasteiger partial charge in [0.2, 0.25) is 5.91 Å². The smallest absolute Gasteiger partial charge is 0.248 e. The van der Waals surface area contributed by atoms with Gasteiger partial charge in [0.1, 0.15) is 5.75 Å². The van der Waals surface area contributed by atoms with Gasteiger partial charge in [0, 0.05) is 12.1 Å². The Kier molecular flexibility index (Phi) is 5.73. The van der Waals surface area contributed by atoms with E-state index in [9.17, 15) is 9.90 Å². The Hall–Kier alpha value is -2.37. The fourth-order valence-electron chi connectivity index (χ4n) is 2.50. The molecule has 0 saturated heterocycles. The first-order valence-electron chi connectivity index (χ1n) is 7.39. The van der Waals surface area contributed by atoms with Crippen LogP contribution in [0, 0.1) is 0 Å². The number of nitrogens with zero attached hydrogens (tertiary/aromatic N) is 1. The molecule has 0 aromatic heterocycles. The number of ether oxygens (including phenoxy) is 1. The van der Waals surface area contributed by atoms with Crippen LogP contribution >= 0.6 is 0 Å². The van der Waals surface area contributed by atoms with E-state index in [4.69, 9.17) is 10.5 Å². The van der Waals surface area contributed by atoms with Crippen LogP contribution in [-0.2, 0) is 6.54 Å². The summed E-state index contributed by atoms with van der Waals surface area (Å²) in [5.74, 6) is 0.353. The van der Waals surface area contributed by atoms with Gasteiger partial charge in [0.15, 0.2) is 0 Å². The summed E-state index contributed by atoms with van der Waals surface area (Å²) >= 11 is 0. The molecule has 2 aromatic carbocycles. The van der Waals surface area contributed by atoms with Crippen LogP contribution in [0.25, 0.3) is 0 Å². The Morgan fingerprint density at radius 1 is 1.17 bits per heavy atom. The third-order valence-electron chi connectivity index (χ3n) is 3.88. The first kappa shape index (κ1) is 17.0. The second-order valence-corrected chi connectivity index (χ2v) is 5.45. The van der Waals surface area contributed by atoms with Crippen molar-refractivity contribution in [3.63, 3.8) is 0 Å². The number of carbonyl (C=O) groups excluding carboxylic acids is 1. The zero-order valence-corrected chi connectivity index (χ0v) is 13.4. The Morgan fingerprint density at radius 2 is 1.78 bits per heavy atom. The molecule has 0 bridgehead atoms. The van der Waals surface area contributed by atoms with E-state index in [0.29, 0.717) is 12.1 Å². The summed E-state index contributed by atoms with van der Waals surface area (Å²) in [5.41, 5.74) is 7.80. The van der Waals surface area contributed by atoms with Crippen LogP contribution in [0.15, 0.2) is 48.5 Å². The van der Waals surface area contributed by atoms with Crippen LogP contribution in [0.5, 0.6) is 5.75 Å². The average molecular weight is 314 g/mol. The predicted octanol–water partition coefficient (Wildman–Crippen LogP) is 1.96. The minimum absolute atomic E-state index is 0.0161. The fourth-order valence-corrected chi connectivity index (χ4v) is 2.50. The predicted molar refractivity (Wildman–Crippen MR) is 89.2 cm³/mol. The molecular weight excluding hydrogens is 292 g/mol. The SMILES string of the molecule is COc1ccc(C(CO)N(C)Cc2ccc(C(N)=O)cc2)cc1. The van der Waals surface area contributed by atoms with E-state index in [0.717, 1.165) is 16.9 Å². The highest BCUT2D eigenvalue weighted by molar-refractivity contribution is 5.92. The van der Waals surface area contributed by atoms with Crippen LogP contribution in [0.3, 0.4) is 0 Å². The molecule has 0 aliphatic rings. The number of hydrogen-bond donors (Lipinski definition) is 2. The molecule has 0 radical (unpaired) electrons. The molecule has 1 atom stereocenters. The van der Waals surface area contributed by atoms with Crippen molar-refractivity contribution in [2.24, 2.45) is 5.73 Å².